The van der Waals surface area contributed by atoms with E-state index in [4.69, 9.17) is 5.73 Å². The minimum absolute atomic E-state index is 0.0260. The van der Waals surface area contributed by atoms with Gasteiger partial charge in [0.15, 0.2) is 6.23 Å². The Kier molecular flexibility index (Phi) is 4.77. The van der Waals surface area contributed by atoms with Gasteiger partial charge in [0, 0.05) is 5.56 Å². The van der Waals surface area contributed by atoms with Gasteiger partial charge < -0.3 is 16.2 Å². The highest BCUT2D eigenvalue weighted by Crippen LogP contribution is 2.06. The average Bonchev–Trinajstić information content (AvgIpc) is 2.54. The Morgan fingerprint density at radius 3 is 2.30 bits per heavy atom. The molecular weight excluding hydrogens is 305 g/mol. The topological polar surface area (TPSA) is 122 Å². The van der Waals surface area contributed by atoms with Crippen molar-refractivity contribution in [2.45, 2.75) is 6.23 Å². The number of ketones is 1. The molecule has 1 aromatic carbocycles. The fraction of sp³-hybridized carbons (Fsp3) is 0.0667. The summed E-state index contributed by atoms with van der Waals surface area (Å²) in [4.78, 5) is 38.6. The van der Waals surface area contributed by atoms with Crippen LogP contribution in [0.1, 0.15) is 31.3 Å². The number of rotatable bonds is 5. The molecule has 2 rings (SSSR count). The van der Waals surface area contributed by atoms with E-state index in [1.54, 1.807) is 0 Å². The second-order valence-corrected chi connectivity index (χ2v) is 4.52. The summed E-state index contributed by atoms with van der Waals surface area (Å²) in [5, 5.41) is 11.8. The molecule has 118 valence electrons. The van der Waals surface area contributed by atoms with Gasteiger partial charge in [0.2, 0.25) is 5.78 Å². The Morgan fingerprint density at radius 1 is 1.09 bits per heavy atom. The highest BCUT2D eigenvalue weighted by atomic mass is 19.1. The van der Waals surface area contributed by atoms with E-state index in [0.29, 0.717) is 0 Å². The quantitative estimate of drug-likeness (QED) is 0.539. The lowest BCUT2D eigenvalue weighted by atomic mass is 10.1. The first kappa shape index (κ1) is 16.2. The van der Waals surface area contributed by atoms with E-state index < -0.39 is 29.6 Å². The molecule has 0 saturated heterocycles. The van der Waals surface area contributed by atoms with E-state index in [1.165, 1.54) is 30.3 Å². The molecule has 0 aliphatic carbocycles. The fourth-order valence-electron chi connectivity index (χ4n) is 1.73. The van der Waals surface area contributed by atoms with Crippen molar-refractivity contribution < 1.29 is 23.9 Å². The monoisotopic (exact) mass is 317 g/mol. The number of aromatic nitrogens is 1. The molecule has 2 aromatic rings. The second-order valence-electron chi connectivity index (χ2n) is 4.52. The smallest absolute Gasteiger partial charge is 0.272 e. The van der Waals surface area contributed by atoms with Crippen molar-refractivity contribution in [1.29, 1.82) is 0 Å². The number of amides is 2. The molecule has 1 aromatic heterocycles. The lowest BCUT2D eigenvalue weighted by Gasteiger charge is -2.11. The van der Waals surface area contributed by atoms with Crippen LogP contribution < -0.4 is 11.1 Å². The number of pyridine rings is 1. The molecule has 0 radical (unpaired) electrons. The van der Waals surface area contributed by atoms with Crippen LogP contribution in [0.25, 0.3) is 0 Å². The number of benzene rings is 1. The Hall–Kier alpha value is -3.13. The summed E-state index contributed by atoms with van der Waals surface area (Å²) < 4.78 is 12.8. The zero-order valence-electron chi connectivity index (χ0n) is 11.7. The third-order valence-corrected chi connectivity index (χ3v) is 2.88. The van der Waals surface area contributed by atoms with Crippen molar-refractivity contribution >= 4 is 17.6 Å². The number of primary amides is 1. The largest absolute Gasteiger partial charge is 0.367 e. The van der Waals surface area contributed by atoms with Gasteiger partial charge in [-0.3, -0.25) is 14.4 Å². The summed E-state index contributed by atoms with van der Waals surface area (Å²) in [5.74, 6) is -3.03. The van der Waals surface area contributed by atoms with Gasteiger partial charge in [0.05, 0.1) is 0 Å². The molecule has 23 heavy (non-hydrogen) atoms. The van der Waals surface area contributed by atoms with E-state index in [0.717, 1.165) is 12.1 Å². The SMILES string of the molecule is NC(=O)c1cccc(C(=O)NC(O)C(=O)c2ccc(F)cc2)n1. The standard InChI is InChI=1S/C15H12FN3O4/c16-9-6-4-8(5-7-9)12(20)15(23)19-14(22)11-3-1-2-10(18-11)13(17)21/h1-7,15,23H,(H2,17,21)(H,19,22). The number of aliphatic hydroxyl groups excluding tert-OH is 1. The van der Waals surface area contributed by atoms with Crippen LogP contribution in [0.5, 0.6) is 0 Å². The van der Waals surface area contributed by atoms with Gasteiger partial charge in [0.25, 0.3) is 11.8 Å². The van der Waals surface area contributed by atoms with Gasteiger partial charge in [-0.25, -0.2) is 9.37 Å². The summed E-state index contributed by atoms with van der Waals surface area (Å²) in [5.41, 5.74) is 4.76. The van der Waals surface area contributed by atoms with Gasteiger partial charge in [-0.1, -0.05) is 6.07 Å². The van der Waals surface area contributed by atoms with Crippen LogP contribution in [0.3, 0.4) is 0 Å². The molecule has 0 saturated carbocycles. The molecular formula is C15H12FN3O4. The second kappa shape index (κ2) is 6.75. The van der Waals surface area contributed by atoms with Gasteiger partial charge in [-0.2, -0.15) is 0 Å². The maximum atomic E-state index is 12.8. The first-order valence-electron chi connectivity index (χ1n) is 6.44. The third kappa shape index (κ3) is 3.95. The minimum atomic E-state index is -1.84. The summed E-state index contributed by atoms with van der Waals surface area (Å²) in [6, 6.07) is 8.46. The summed E-state index contributed by atoms with van der Waals surface area (Å²) in [6.07, 6.45) is -1.84. The van der Waals surface area contributed by atoms with Crippen molar-refractivity contribution in [2.75, 3.05) is 0 Å². The number of nitrogens with zero attached hydrogens (tertiary/aromatic N) is 1. The normalized spacial score (nSPS) is 11.6. The van der Waals surface area contributed by atoms with Crippen LogP contribution in [0.15, 0.2) is 42.5 Å². The predicted octanol–water partition coefficient (Wildman–Crippen LogP) is 0.251. The van der Waals surface area contributed by atoms with E-state index in [9.17, 15) is 23.9 Å². The van der Waals surface area contributed by atoms with Crippen molar-refractivity contribution in [3.8, 4) is 0 Å². The molecule has 0 aliphatic heterocycles. The molecule has 0 spiro atoms. The first-order valence-corrected chi connectivity index (χ1v) is 6.44. The number of carbonyl (C=O) groups is 3. The number of carbonyl (C=O) groups excluding carboxylic acids is 3. The Morgan fingerprint density at radius 2 is 1.70 bits per heavy atom. The highest BCUT2D eigenvalue weighted by molar-refractivity contribution is 6.03. The van der Waals surface area contributed by atoms with Gasteiger partial charge in [0.1, 0.15) is 17.2 Å². The summed E-state index contributed by atoms with van der Waals surface area (Å²) in [7, 11) is 0. The lowest BCUT2D eigenvalue weighted by Crippen LogP contribution is -2.41. The lowest BCUT2D eigenvalue weighted by molar-refractivity contribution is 0.0605. The third-order valence-electron chi connectivity index (χ3n) is 2.88. The van der Waals surface area contributed by atoms with E-state index in [2.05, 4.69) is 4.98 Å². The summed E-state index contributed by atoms with van der Waals surface area (Å²) >= 11 is 0. The molecule has 1 heterocycles. The molecule has 0 fully saturated rings. The van der Waals surface area contributed by atoms with Crippen molar-refractivity contribution in [1.82, 2.24) is 10.3 Å². The zero-order valence-corrected chi connectivity index (χ0v) is 11.7. The molecule has 1 unspecified atom stereocenters. The van der Waals surface area contributed by atoms with E-state index in [1.807, 2.05) is 5.32 Å². The average molecular weight is 317 g/mol. The van der Waals surface area contributed by atoms with Crippen molar-refractivity contribution in [3.63, 3.8) is 0 Å². The minimum Gasteiger partial charge on any atom is -0.367 e. The summed E-state index contributed by atoms with van der Waals surface area (Å²) in [6.45, 7) is 0. The molecule has 4 N–H and O–H groups in total. The number of nitrogens with two attached hydrogens (primary N) is 1. The van der Waals surface area contributed by atoms with Crippen LogP contribution in [-0.4, -0.2) is 33.9 Å². The van der Waals surface area contributed by atoms with Crippen LogP contribution in [0, 0.1) is 5.82 Å². The number of hydrogen-bond acceptors (Lipinski definition) is 5. The van der Waals surface area contributed by atoms with Crippen LogP contribution >= 0.6 is 0 Å². The van der Waals surface area contributed by atoms with Gasteiger partial charge in [-0.05, 0) is 36.4 Å². The molecule has 0 bridgehead atoms. The molecule has 7 nitrogen and oxygen atoms in total. The van der Waals surface area contributed by atoms with Crippen molar-refractivity contribution in [3.05, 3.63) is 65.2 Å². The highest BCUT2D eigenvalue weighted by Gasteiger charge is 2.21. The van der Waals surface area contributed by atoms with Crippen LogP contribution in [0.2, 0.25) is 0 Å². The van der Waals surface area contributed by atoms with Crippen LogP contribution in [-0.2, 0) is 0 Å². The fourth-order valence-corrected chi connectivity index (χ4v) is 1.73. The Balaban J connectivity index is 2.10. The van der Waals surface area contributed by atoms with Gasteiger partial charge in [-0.15, -0.1) is 0 Å². The maximum Gasteiger partial charge on any atom is 0.272 e. The van der Waals surface area contributed by atoms with E-state index >= 15 is 0 Å². The van der Waals surface area contributed by atoms with Crippen molar-refractivity contribution in [2.24, 2.45) is 5.73 Å². The number of aliphatic hydroxyl groups is 1. The number of hydrogen-bond donors (Lipinski definition) is 3. The molecule has 8 heteroatoms. The number of nitrogens with one attached hydrogen (secondary N) is 1. The molecule has 2 amide bonds. The molecule has 0 aliphatic rings. The maximum absolute atomic E-state index is 12.8. The Labute approximate surface area is 130 Å². The number of halogens is 1. The zero-order chi connectivity index (χ0) is 17.0. The van der Waals surface area contributed by atoms with E-state index in [-0.39, 0.29) is 17.0 Å². The van der Waals surface area contributed by atoms with Gasteiger partial charge >= 0.3 is 0 Å². The predicted molar refractivity (Wildman–Crippen MR) is 77.0 cm³/mol. The molecule has 1 atom stereocenters. The van der Waals surface area contributed by atoms with Crippen LogP contribution in [0.4, 0.5) is 4.39 Å². The number of Topliss-reactive ketones (excluding diaryl/α,β-unsaturated/α-hetero) is 1. The first-order chi connectivity index (χ1) is 10.9. The Bertz CT molecular complexity index is 762.